The molecule has 0 saturated heterocycles. The molecule has 1 aromatic carbocycles. The lowest BCUT2D eigenvalue weighted by molar-refractivity contribution is 0.221. The lowest BCUT2D eigenvalue weighted by Crippen LogP contribution is -2.17. The maximum Gasteiger partial charge on any atom is 0.0406 e. The Balaban J connectivity index is 1.31. The fourth-order valence-corrected chi connectivity index (χ4v) is 5.33. The van der Waals surface area contributed by atoms with Crippen LogP contribution in [0.15, 0.2) is 36.4 Å². The summed E-state index contributed by atoms with van der Waals surface area (Å²) in [6, 6.07) is 7.75. The lowest BCUT2D eigenvalue weighted by Gasteiger charge is -2.31. The second-order valence-electron chi connectivity index (χ2n) is 9.17. The van der Waals surface area contributed by atoms with Crippen molar-refractivity contribution >= 4 is 11.6 Å². The fraction of sp³-hybridized carbons (Fsp3) is 0.630. The largest absolute Gasteiger partial charge is 0.0843 e. The molecule has 2 fully saturated rings. The van der Waals surface area contributed by atoms with Gasteiger partial charge in [0.25, 0.3) is 0 Å². The molecule has 0 amide bonds. The van der Waals surface area contributed by atoms with E-state index in [0.717, 1.165) is 34.3 Å². The monoisotopic (exact) mass is 396 g/mol. The van der Waals surface area contributed by atoms with Crippen LogP contribution < -0.4 is 0 Å². The fourth-order valence-electron chi connectivity index (χ4n) is 5.20. The molecule has 0 aliphatic heterocycles. The molecule has 0 spiro atoms. The van der Waals surface area contributed by atoms with Gasteiger partial charge in [0.05, 0.1) is 0 Å². The third-order valence-electron chi connectivity index (χ3n) is 7.05. The number of allylic oxidation sites excluding steroid dienone is 2. The first-order chi connectivity index (χ1) is 13.7. The van der Waals surface area contributed by atoms with Gasteiger partial charge in [-0.15, -0.1) is 0 Å². The molecular formula is C27H37Cl. The predicted octanol–water partition coefficient (Wildman–Crippen LogP) is 8.44. The van der Waals surface area contributed by atoms with Crippen LogP contribution in [0.4, 0.5) is 0 Å². The highest BCUT2D eigenvalue weighted by Gasteiger charge is 2.23. The van der Waals surface area contributed by atoms with E-state index in [1.165, 1.54) is 77.0 Å². The Morgan fingerprint density at radius 2 is 1.36 bits per heavy atom. The summed E-state index contributed by atoms with van der Waals surface area (Å²) in [7, 11) is 0. The Labute approximate surface area is 178 Å². The Morgan fingerprint density at radius 3 is 1.93 bits per heavy atom. The van der Waals surface area contributed by atoms with Gasteiger partial charge in [0.1, 0.15) is 0 Å². The van der Waals surface area contributed by atoms with Crippen LogP contribution in [-0.4, -0.2) is 0 Å². The van der Waals surface area contributed by atoms with Gasteiger partial charge in [-0.05, 0) is 79.7 Å². The molecule has 2 saturated carbocycles. The van der Waals surface area contributed by atoms with Crippen LogP contribution in [0.1, 0.15) is 89.5 Å². The first-order valence-electron chi connectivity index (χ1n) is 11.7. The maximum atomic E-state index is 5.91. The number of hydrogen-bond acceptors (Lipinski definition) is 0. The average molecular weight is 397 g/mol. The summed E-state index contributed by atoms with van der Waals surface area (Å²) in [4.78, 5) is 0. The van der Waals surface area contributed by atoms with Gasteiger partial charge >= 0.3 is 0 Å². The molecule has 0 N–H and O–H groups in total. The zero-order valence-corrected chi connectivity index (χ0v) is 18.4. The SMILES string of the molecule is CCC[C@H]1CC[C@H](CC[C@H]2CC[C@H](C=CC#Cc3ccc(Cl)cc3)CC2)CC1. The highest BCUT2D eigenvalue weighted by molar-refractivity contribution is 6.30. The summed E-state index contributed by atoms with van der Waals surface area (Å²) < 4.78 is 0. The van der Waals surface area contributed by atoms with Crippen LogP contribution in [0.3, 0.4) is 0 Å². The van der Waals surface area contributed by atoms with Crippen LogP contribution >= 0.6 is 11.6 Å². The zero-order valence-electron chi connectivity index (χ0n) is 17.6. The van der Waals surface area contributed by atoms with Gasteiger partial charge in [-0.2, -0.15) is 0 Å². The highest BCUT2D eigenvalue weighted by Crippen LogP contribution is 2.37. The Morgan fingerprint density at radius 1 is 0.821 bits per heavy atom. The van der Waals surface area contributed by atoms with E-state index in [1.807, 2.05) is 24.3 Å². The van der Waals surface area contributed by atoms with Crippen LogP contribution in [0.2, 0.25) is 5.02 Å². The molecule has 0 aromatic heterocycles. The van der Waals surface area contributed by atoms with Crippen LogP contribution in [0.25, 0.3) is 0 Å². The van der Waals surface area contributed by atoms with Crippen molar-refractivity contribution in [3.63, 3.8) is 0 Å². The van der Waals surface area contributed by atoms with Gasteiger partial charge in [0, 0.05) is 10.6 Å². The molecule has 2 aliphatic carbocycles. The van der Waals surface area contributed by atoms with Gasteiger partial charge in [0.2, 0.25) is 0 Å². The van der Waals surface area contributed by atoms with Crippen LogP contribution in [0, 0.1) is 35.5 Å². The summed E-state index contributed by atoms with van der Waals surface area (Å²) in [6.45, 7) is 2.34. The summed E-state index contributed by atoms with van der Waals surface area (Å²) >= 11 is 5.91. The van der Waals surface area contributed by atoms with Crippen molar-refractivity contribution in [2.45, 2.75) is 84.0 Å². The Hall–Kier alpha value is -1.19. The predicted molar refractivity (Wildman–Crippen MR) is 123 cm³/mol. The minimum atomic E-state index is 0.736. The van der Waals surface area contributed by atoms with Gasteiger partial charge in [-0.25, -0.2) is 0 Å². The Kier molecular flexibility index (Phi) is 9.01. The highest BCUT2D eigenvalue weighted by atomic mass is 35.5. The van der Waals surface area contributed by atoms with Crippen molar-refractivity contribution in [3.05, 3.63) is 47.0 Å². The number of halogens is 1. The van der Waals surface area contributed by atoms with Crippen LogP contribution in [0.5, 0.6) is 0 Å². The van der Waals surface area contributed by atoms with Crippen LogP contribution in [-0.2, 0) is 0 Å². The van der Waals surface area contributed by atoms with Crippen molar-refractivity contribution in [1.29, 1.82) is 0 Å². The summed E-state index contributed by atoms with van der Waals surface area (Å²) in [5.74, 6) is 10.2. The van der Waals surface area contributed by atoms with E-state index in [-0.39, 0.29) is 0 Å². The van der Waals surface area contributed by atoms with E-state index in [2.05, 4.69) is 30.9 Å². The molecule has 28 heavy (non-hydrogen) atoms. The van der Waals surface area contributed by atoms with Crippen molar-refractivity contribution in [2.75, 3.05) is 0 Å². The number of rotatable bonds is 6. The lowest BCUT2D eigenvalue weighted by atomic mass is 9.75. The van der Waals surface area contributed by atoms with Crippen molar-refractivity contribution in [3.8, 4) is 11.8 Å². The molecule has 0 bridgehead atoms. The third kappa shape index (κ3) is 7.33. The van der Waals surface area contributed by atoms with Crippen molar-refractivity contribution < 1.29 is 0 Å². The minimum absolute atomic E-state index is 0.736. The quantitative estimate of drug-likeness (QED) is 0.423. The van der Waals surface area contributed by atoms with Gasteiger partial charge in [-0.3, -0.25) is 0 Å². The standard InChI is InChI=1S/C27H37Cl/c1-2-5-22-8-12-25(13-9-22)16-17-26-14-10-23(11-15-26)6-3-4-7-24-18-20-27(28)21-19-24/h3,6,18-23,25-26H,2,5,8-17H2,1H3/t22-,23-,25-,26-. The topological polar surface area (TPSA) is 0 Å². The molecule has 1 aromatic rings. The average Bonchev–Trinajstić information content (AvgIpc) is 2.73. The summed E-state index contributed by atoms with van der Waals surface area (Å²) in [6.07, 6.45) is 21.8. The van der Waals surface area contributed by atoms with Gasteiger partial charge in [-0.1, -0.05) is 87.8 Å². The number of hydrogen-bond donors (Lipinski definition) is 0. The minimum Gasteiger partial charge on any atom is -0.0843 e. The second-order valence-corrected chi connectivity index (χ2v) is 9.61. The van der Waals surface area contributed by atoms with Gasteiger partial charge < -0.3 is 0 Å². The first-order valence-corrected chi connectivity index (χ1v) is 12.0. The molecule has 152 valence electrons. The van der Waals surface area contributed by atoms with E-state index in [0.29, 0.717) is 0 Å². The number of benzene rings is 1. The van der Waals surface area contributed by atoms with E-state index >= 15 is 0 Å². The van der Waals surface area contributed by atoms with Gasteiger partial charge in [0.15, 0.2) is 0 Å². The van der Waals surface area contributed by atoms with Crippen molar-refractivity contribution in [1.82, 2.24) is 0 Å². The molecule has 0 radical (unpaired) electrons. The third-order valence-corrected chi connectivity index (χ3v) is 7.30. The zero-order chi connectivity index (χ0) is 19.6. The smallest absolute Gasteiger partial charge is 0.0406 e. The normalized spacial score (nSPS) is 28.1. The maximum absolute atomic E-state index is 5.91. The Bertz CT molecular complexity index is 644. The molecular weight excluding hydrogens is 360 g/mol. The molecule has 0 unspecified atom stereocenters. The molecule has 2 aliphatic rings. The summed E-state index contributed by atoms with van der Waals surface area (Å²) in [5, 5.41) is 0.766. The molecule has 0 atom stereocenters. The molecule has 1 heteroatoms. The summed E-state index contributed by atoms with van der Waals surface area (Å²) in [5.41, 5.74) is 1.03. The van der Waals surface area contributed by atoms with E-state index in [1.54, 1.807) is 0 Å². The second kappa shape index (κ2) is 11.7. The molecule has 0 nitrogen and oxygen atoms in total. The first kappa shape index (κ1) is 21.5. The van der Waals surface area contributed by atoms with E-state index in [9.17, 15) is 0 Å². The molecule has 0 heterocycles. The van der Waals surface area contributed by atoms with Crippen molar-refractivity contribution in [2.24, 2.45) is 23.7 Å². The van der Waals surface area contributed by atoms with E-state index < -0.39 is 0 Å². The molecule has 3 rings (SSSR count). The van der Waals surface area contributed by atoms with E-state index in [4.69, 9.17) is 11.6 Å².